The van der Waals surface area contributed by atoms with Gasteiger partial charge in [-0.25, -0.2) is 0 Å². The summed E-state index contributed by atoms with van der Waals surface area (Å²) in [6.45, 7) is 7.22. The van der Waals surface area contributed by atoms with Crippen LogP contribution in [0.1, 0.15) is 25.7 Å². The summed E-state index contributed by atoms with van der Waals surface area (Å²) in [7, 11) is 0. The summed E-state index contributed by atoms with van der Waals surface area (Å²) >= 11 is 0. The Bertz CT molecular complexity index is 238. The van der Waals surface area contributed by atoms with E-state index in [1.165, 1.54) is 0 Å². The lowest BCUT2D eigenvalue weighted by Crippen LogP contribution is -2.48. The van der Waals surface area contributed by atoms with Gasteiger partial charge < -0.3 is 10.4 Å². The van der Waals surface area contributed by atoms with Gasteiger partial charge in [-0.05, 0) is 19.3 Å². The van der Waals surface area contributed by atoms with Crippen molar-refractivity contribution in [1.29, 1.82) is 0 Å². The minimum absolute atomic E-state index is 0.0153. The lowest BCUT2D eigenvalue weighted by atomic mass is 9.86. The van der Waals surface area contributed by atoms with Crippen molar-refractivity contribution in [3.8, 4) is 0 Å². The maximum absolute atomic E-state index is 11.0. The maximum atomic E-state index is 11.0. The predicted octanol–water partition coefficient (Wildman–Crippen LogP) is 1.15. The number of hydrogen-bond acceptors (Lipinski definition) is 2. The molecule has 0 aromatic rings. The third kappa shape index (κ3) is 2.23. The molecular formula is C11H17NO2. The van der Waals surface area contributed by atoms with Gasteiger partial charge in [0.25, 0.3) is 0 Å². The second-order valence-corrected chi connectivity index (χ2v) is 3.75. The van der Waals surface area contributed by atoms with Crippen LogP contribution in [-0.4, -0.2) is 22.7 Å². The first-order valence-corrected chi connectivity index (χ1v) is 4.86. The number of carbonyl (C=O) groups is 1. The molecule has 78 valence electrons. The minimum Gasteiger partial charge on any atom is -0.387 e. The molecule has 14 heavy (non-hydrogen) atoms. The van der Waals surface area contributed by atoms with Gasteiger partial charge >= 0.3 is 0 Å². The third-order valence-corrected chi connectivity index (χ3v) is 2.64. The van der Waals surface area contributed by atoms with Gasteiger partial charge in [-0.1, -0.05) is 12.2 Å². The van der Waals surface area contributed by atoms with Gasteiger partial charge in [0.1, 0.15) is 0 Å². The van der Waals surface area contributed by atoms with E-state index in [1.807, 2.05) is 0 Å². The summed E-state index contributed by atoms with van der Waals surface area (Å²) in [6, 6.07) is -0.161. The lowest BCUT2D eigenvalue weighted by Gasteiger charge is -2.32. The normalized spacial score (nSPS) is 21.8. The van der Waals surface area contributed by atoms with Crippen LogP contribution < -0.4 is 5.32 Å². The van der Waals surface area contributed by atoms with E-state index < -0.39 is 5.60 Å². The van der Waals surface area contributed by atoms with Crippen molar-refractivity contribution < 1.29 is 9.90 Å². The van der Waals surface area contributed by atoms with Gasteiger partial charge in [-0.15, -0.1) is 13.2 Å². The van der Waals surface area contributed by atoms with E-state index in [0.29, 0.717) is 25.7 Å². The zero-order chi connectivity index (χ0) is 10.6. The number of nitrogens with one attached hydrogen (secondary N) is 1. The zero-order valence-electron chi connectivity index (χ0n) is 8.33. The first-order chi connectivity index (χ1) is 6.62. The van der Waals surface area contributed by atoms with E-state index in [1.54, 1.807) is 12.2 Å². The molecule has 3 heteroatoms. The highest BCUT2D eigenvalue weighted by Gasteiger charge is 2.38. The molecule has 1 aliphatic heterocycles. The second-order valence-electron chi connectivity index (χ2n) is 3.75. The highest BCUT2D eigenvalue weighted by molar-refractivity contribution is 5.78. The first kappa shape index (κ1) is 11.0. The Morgan fingerprint density at radius 2 is 2.07 bits per heavy atom. The van der Waals surface area contributed by atoms with Crippen LogP contribution in [0.15, 0.2) is 25.3 Å². The molecule has 1 amide bonds. The molecule has 1 aliphatic rings. The Balaban J connectivity index is 2.70. The molecular weight excluding hydrogens is 178 g/mol. The molecule has 0 aromatic carbocycles. The molecule has 0 aliphatic carbocycles. The van der Waals surface area contributed by atoms with Gasteiger partial charge in [0.2, 0.25) is 5.91 Å². The van der Waals surface area contributed by atoms with Gasteiger partial charge in [0.05, 0.1) is 11.6 Å². The minimum atomic E-state index is -0.907. The van der Waals surface area contributed by atoms with Crippen molar-refractivity contribution >= 4 is 5.91 Å². The van der Waals surface area contributed by atoms with Gasteiger partial charge in [-0.3, -0.25) is 4.79 Å². The van der Waals surface area contributed by atoms with E-state index in [-0.39, 0.29) is 11.9 Å². The molecule has 0 aromatic heterocycles. The smallest absolute Gasteiger partial charge is 0.220 e. The SMILES string of the molecule is C=CCC(O)(CC=C)C1CCC(=O)N1. The number of carbonyl (C=O) groups excluding carboxylic acids is 1. The number of hydrogen-bond donors (Lipinski definition) is 2. The molecule has 1 saturated heterocycles. The topological polar surface area (TPSA) is 49.3 Å². The standard InChI is InChI=1S/C11H17NO2/c1-3-7-11(14,8-4-2)9-5-6-10(13)12-9/h3-4,9,14H,1-2,5-8H2,(H,12,13). The summed E-state index contributed by atoms with van der Waals surface area (Å²) in [4.78, 5) is 11.0. The molecule has 1 rings (SSSR count). The molecule has 0 spiro atoms. The zero-order valence-corrected chi connectivity index (χ0v) is 8.33. The van der Waals surface area contributed by atoms with Gasteiger partial charge in [0, 0.05) is 6.42 Å². The molecule has 1 fully saturated rings. The summed E-state index contributed by atoms with van der Waals surface area (Å²) in [5, 5.41) is 13.1. The van der Waals surface area contributed by atoms with Crippen molar-refractivity contribution in [1.82, 2.24) is 5.32 Å². The quantitative estimate of drug-likeness (QED) is 0.646. The Morgan fingerprint density at radius 3 is 2.43 bits per heavy atom. The number of rotatable bonds is 5. The van der Waals surface area contributed by atoms with Crippen molar-refractivity contribution in [2.24, 2.45) is 0 Å². The number of amides is 1. The second kappa shape index (κ2) is 4.42. The maximum Gasteiger partial charge on any atom is 0.220 e. The van der Waals surface area contributed by atoms with Crippen LogP contribution in [-0.2, 0) is 4.79 Å². The Morgan fingerprint density at radius 1 is 1.50 bits per heavy atom. The molecule has 0 bridgehead atoms. The highest BCUT2D eigenvalue weighted by atomic mass is 16.3. The van der Waals surface area contributed by atoms with Crippen molar-refractivity contribution in [3.63, 3.8) is 0 Å². The van der Waals surface area contributed by atoms with E-state index in [0.717, 1.165) is 0 Å². The van der Waals surface area contributed by atoms with Gasteiger partial charge in [-0.2, -0.15) is 0 Å². The average molecular weight is 195 g/mol. The molecule has 0 saturated carbocycles. The molecule has 2 N–H and O–H groups in total. The fourth-order valence-electron chi connectivity index (χ4n) is 1.88. The van der Waals surface area contributed by atoms with Crippen molar-refractivity contribution in [3.05, 3.63) is 25.3 Å². The summed E-state index contributed by atoms with van der Waals surface area (Å²) in [6.07, 6.45) is 5.49. The molecule has 3 nitrogen and oxygen atoms in total. The van der Waals surface area contributed by atoms with Crippen molar-refractivity contribution in [2.75, 3.05) is 0 Å². The van der Waals surface area contributed by atoms with Crippen LogP contribution in [0.3, 0.4) is 0 Å². The van der Waals surface area contributed by atoms with Crippen LogP contribution in [0.2, 0.25) is 0 Å². The average Bonchev–Trinajstić information content (AvgIpc) is 2.53. The van der Waals surface area contributed by atoms with Crippen LogP contribution in [0.5, 0.6) is 0 Å². The lowest BCUT2D eigenvalue weighted by molar-refractivity contribution is -0.120. The monoisotopic (exact) mass is 195 g/mol. The number of aliphatic hydroxyl groups is 1. The fraction of sp³-hybridized carbons (Fsp3) is 0.545. The van der Waals surface area contributed by atoms with Crippen LogP contribution in [0.25, 0.3) is 0 Å². The van der Waals surface area contributed by atoms with E-state index in [4.69, 9.17) is 0 Å². The van der Waals surface area contributed by atoms with E-state index >= 15 is 0 Å². The predicted molar refractivity (Wildman–Crippen MR) is 55.7 cm³/mol. The Labute approximate surface area is 84.5 Å². The Hall–Kier alpha value is -1.09. The highest BCUT2D eigenvalue weighted by Crippen LogP contribution is 2.27. The first-order valence-electron chi connectivity index (χ1n) is 4.86. The summed E-state index contributed by atoms with van der Waals surface area (Å²) in [5.41, 5.74) is -0.907. The molecule has 0 radical (unpaired) electrons. The molecule has 1 heterocycles. The van der Waals surface area contributed by atoms with Crippen LogP contribution in [0.4, 0.5) is 0 Å². The molecule has 1 unspecified atom stereocenters. The van der Waals surface area contributed by atoms with E-state index in [2.05, 4.69) is 18.5 Å². The van der Waals surface area contributed by atoms with E-state index in [9.17, 15) is 9.90 Å². The summed E-state index contributed by atoms with van der Waals surface area (Å²) < 4.78 is 0. The van der Waals surface area contributed by atoms with Gasteiger partial charge in [0.15, 0.2) is 0 Å². The summed E-state index contributed by atoms with van der Waals surface area (Å²) in [5.74, 6) is 0.0153. The fourth-order valence-corrected chi connectivity index (χ4v) is 1.88. The Kier molecular flexibility index (Phi) is 3.47. The third-order valence-electron chi connectivity index (χ3n) is 2.64. The van der Waals surface area contributed by atoms with Crippen LogP contribution >= 0.6 is 0 Å². The van der Waals surface area contributed by atoms with Crippen LogP contribution in [0, 0.1) is 0 Å². The molecule has 1 atom stereocenters. The largest absolute Gasteiger partial charge is 0.387 e. The van der Waals surface area contributed by atoms with Crippen molar-refractivity contribution in [2.45, 2.75) is 37.3 Å².